The first-order valence-corrected chi connectivity index (χ1v) is 16.3. The number of benzene rings is 2. The molecule has 6 unspecified atom stereocenters. The van der Waals surface area contributed by atoms with Gasteiger partial charge in [-0.05, 0) is 61.7 Å². The summed E-state index contributed by atoms with van der Waals surface area (Å²) in [4.78, 5) is 59.0. The highest BCUT2D eigenvalue weighted by Gasteiger charge is 2.46. The highest BCUT2D eigenvalue weighted by atomic mass is 16.5. The predicted octanol–water partition coefficient (Wildman–Crippen LogP) is 3.37. The average molecular weight is 632 g/mol. The van der Waals surface area contributed by atoms with E-state index in [4.69, 9.17) is 4.74 Å². The smallest absolute Gasteiger partial charge is 0.247 e. The van der Waals surface area contributed by atoms with Crippen molar-refractivity contribution in [2.24, 2.45) is 11.8 Å². The zero-order valence-electron chi connectivity index (χ0n) is 27.9. The summed E-state index contributed by atoms with van der Waals surface area (Å²) in [6.07, 6.45) is 4.65. The Bertz CT molecular complexity index is 1380. The number of likely N-dealkylation sites (tertiary alicyclic amines) is 1. The summed E-state index contributed by atoms with van der Waals surface area (Å²) in [5.41, 5.74) is 1.76. The van der Waals surface area contributed by atoms with Crippen molar-refractivity contribution in [1.82, 2.24) is 25.8 Å². The number of nitrogens with zero attached hydrogens (tertiary/aromatic N) is 2. The van der Waals surface area contributed by atoms with Crippen molar-refractivity contribution in [2.45, 2.75) is 83.6 Å². The first kappa shape index (κ1) is 34.7. The second-order valence-electron chi connectivity index (χ2n) is 13.1. The van der Waals surface area contributed by atoms with Gasteiger partial charge in [-0.2, -0.15) is 0 Å². The average Bonchev–Trinajstić information content (AvgIpc) is 3.45. The Balaban J connectivity index is 1.69. The highest BCUT2D eigenvalue weighted by Crippen LogP contribution is 2.27. The molecule has 4 amide bonds. The number of hydrogen-bond donors (Lipinski definition) is 3. The summed E-state index contributed by atoms with van der Waals surface area (Å²) in [5.74, 6) is -0.731. The van der Waals surface area contributed by atoms with Gasteiger partial charge in [-0.1, -0.05) is 76.6 Å². The third kappa shape index (κ3) is 8.75. The molecule has 46 heavy (non-hydrogen) atoms. The molecule has 2 aromatic carbocycles. The molecule has 5 rings (SSSR count). The first-order valence-electron chi connectivity index (χ1n) is 16.3. The Morgan fingerprint density at radius 3 is 2.35 bits per heavy atom. The molecule has 1 fully saturated rings. The molecule has 0 radical (unpaired) electrons. The molecule has 3 N–H and O–H groups in total. The molecule has 0 spiro atoms. The zero-order chi connectivity index (χ0) is 33.4. The van der Waals surface area contributed by atoms with Crippen molar-refractivity contribution in [2.75, 3.05) is 20.6 Å². The van der Waals surface area contributed by atoms with Crippen LogP contribution in [0.3, 0.4) is 0 Å². The molecule has 3 aliphatic rings. The van der Waals surface area contributed by atoms with E-state index >= 15 is 0 Å². The van der Waals surface area contributed by atoms with E-state index in [9.17, 15) is 19.2 Å². The number of nitrogens with one attached hydrogen (secondary N) is 3. The fourth-order valence-corrected chi connectivity index (χ4v) is 6.04. The molecule has 10 nitrogen and oxygen atoms in total. The minimum atomic E-state index is -1.01. The van der Waals surface area contributed by atoms with Gasteiger partial charge in [0.05, 0.1) is 6.04 Å². The van der Waals surface area contributed by atoms with E-state index in [0.717, 1.165) is 11.1 Å². The SMILES string of the molecule is CCC(C)C1NC(=O)C2C(CCN2C(=O)C(Cc2ccccc2)NC(=O)C(CC(C)C)N(C)C)Oc2ccc(cc2)C=CNC1=O. The monoisotopic (exact) mass is 631 g/mol. The van der Waals surface area contributed by atoms with Gasteiger partial charge in [0.25, 0.3) is 0 Å². The second-order valence-corrected chi connectivity index (χ2v) is 13.1. The molecule has 3 aliphatic heterocycles. The molecule has 2 bridgehead atoms. The van der Waals surface area contributed by atoms with Gasteiger partial charge in [0.1, 0.15) is 30.0 Å². The van der Waals surface area contributed by atoms with Crippen LogP contribution in [0.4, 0.5) is 0 Å². The molecule has 2 aromatic rings. The van der Waals surface area contributed by atoms with Crippen molar-refractivity contribution >= 4 is 29.7 Å². The molecule has 6 atom stereocenters. The summed E-state index contributed by atoms with van der Waals surface area (Å²) >= 11 is 0. The van der Waals surface area contributed by atoms with Gasteiger partial charge in [0.2, 0.25) is 23.6 Å². The summed E-state index contributed by atoms with van der Waals surface area (Å²) in [7, 11) is 3.71. The van der Waals surface area contributed by atoms with E-state index in [0.29, 0.717) is 25.0 Å². The van der Waals surface area contributed by atoms with Crippen LogP contribution in [0, 0.1) is 11.8 Å². The topological polar surface area (TPSA) is 120 Å². The lowest BCUT2D eigenvalue weighted by Gasteiger charge is -2.33. The molecule has 10 heteroatoms. The van der Waals surface area contributed by atoms with Gasteiger partial charge in [0.15, 0.2) is 0 Å². The van der Waals surface area contributed by atoms with Crippen LogP contribution in [0.15, 0.2) is 60.8 Å². The molecule has 3 heterocycles. The summed E-state index contributed by atoms with van der Waals surface area (Å²) < 4.78 is 6.36. The number of carbonyl (C=O) groups is 4. The fraction of sp³-hybridized carbons (Fsp3) is 0.500. The lowest BCUT2D eigenvalue weighted by Crippen LogP contribution is -2.60. The number of ether oxygens (including phenoxy) is 1. The van der Waals surface area contributed by atoms with Gasteiger partial charge >= 0.3 is 0 Å². The van der Waals surface area contributed by atoms with Crippen LogP contribution in [0.2, 0.25) is 0 Å². The first-order chi connectivity index (χ1) is 22.0. The number of carbonyl (C=O) groups excluding carboxylic acids is 4. The van der Waals surface area contributed by atoms with E-state index < -0.39 is 36.2 Å². The maximum absolute atomic E-state index is 14.5. The van der Waals surface area contributed by atoms with Gasteiger partial charge in [-0.25, -0.2) is 0 Å². The normalized spacial score (nSPS) is 21.9. The Morgan fingerprint density at radius 1 is 1.02 bits per heavy atom. The molecule has 248 valence electrons. The summed E-state index contributed by atoms with van der Waals surface area (Å²) in [5, 5.41) is 8.80. The Morgan fingerprint density at radius 2 is 1.72 bits per heavy atom. The van der Waals surface area contributed by atoms with Gasteiger partial charge < -0.3 is 25.6 Å². The van der Waals surface area contributed by atoms with E-state index in [1.807, 2.05) is 87.4 Å². The Kier molecular flexibility index (Phi) is 12.0. The molecule has 0 aromatic heterocycles. The maximum atomic E-state index is 14.5. The minimum Gasteiger partial charge on any atom is -0.488 e. The highest BCUT2D eigenvalue weighted by molar-refractivity contribution is 5.96. The molecular formula is C36H49N5O5. The van der Waals surface area contributed by atoms with E-state index in [1.165, 1.54) is 4.90 Å². The van der Waals surface area contributed by atoms with Crippen molar-refractivity contribution in [1.29, 1.82) is 0 Å². The maximum Gasteiger partial charge on any atom is 0.247 e. The van der Waals surface area contributed by atoms with Crippen LogP contribution in [-0.2, 0) is 25.6 Å². The Labute approximate surface area is 272 Å². The number of amides is 4. The lowest BCUT2D eigenvalue weighted by atomic mass is 9.97. The number of fused-ring (bicyclic) bond motifs is 7. The van der Waals surface area contributed by atoms with Crippen LogP contribution in [0.5, 0.6) is 5.75 Å². The molecular weight excluding hydrogens is 582 g/mol. The van der Waals surface area contributed by atoms with Crippen molar-refractivity contribution in [3.63, 3.8) is 0 Å². The number of hydrogen-bond acceptors (Lipinski definition) is 6. The summed E-state index contributed by atoms with van der Waals surface area (Å²) in [6.45, 7) is 8.24. The summed E-state index contributed by atoms with van der Waals surface area (Å²) in [6, 6.07) is 13.7. The van der Waals surface area contributed by atoms with Crippen LogP contribution in [-0.4, -0.2) is 84.3 Å². The van der Waals surface area contributed by atoms with Crippen LogP contribution >= 0.6 is 0 Å². The van der Waals surface area contributed by atoms with Crippen LogP contribution in [0.1, 0.15) is 58.1 Å². The third-order valence-electron chi connectivity index (χ3n) is 8.87. The van der Waals surface area contributed by atoms with Crippen molar-refractivity contribution in [3.05, 3.63) is 71.9 Å². The van der Waals surface area contributed by atoms with E-state index in [-0.39, 0.29) is 42.5 Å². The van der Waals surface area contributed by atoms with Gasteiger partial charge in [-0.3, -0.25) is 24.1 Å². The molecule has 0 aliphatic carbocycles. The fourth-order valence-electron chi connectivity index (χ4n) is 6.04. The zero-order valence-corrected chi connectivity index (χ0v) is 27.9. The minimum absolute atomic E-state index is 0.164. The van der Waals surface area contributed by atoms with E-state index in [1.54, 1.807) is 12.3 Å². The Hall–Kier alpha value is -4.18. The van der Waals surface area contributed by atoms with E-state index in [2.05, 4.69) is 29.8 Å². The van der Waals surface area contributed by atoms with Crippen LogP contribution in [0.25, 0.3) is 6.08 Å². The molecule has 1 saturated heterocycles. The van der Waals surface area contributed by atoms with Gasteiger partial charge in [-0.15, -0.1) is 0 Å². The number of rotatable bonds is 10. The standard InChI is InChI=1S/C36H49N5O5/c1-7-24(4)31-34(43)37-19-17-25-13-15-27(16-14-25)46-30-18-20-41(32(30)35(44)39-31)36(45)28(22-26-11-9-8-10-12-26)38-33(42)29(40(5)6)21-23(2)3/h8-17,19,23-24,28-32H,7,18,20-22H2,1-6H3,(H,37,43)(H,38,42)(H,39,44). The van der Waals surface area contributed by atoms with Crippen molar-refractivity contribution in [3.8, 4) is 5.75 Å². The largest absolute Gasteiger partial charge is 0.488 e. The van der Waals surface area contributed by atoms with Crippen molar-refractivity contribution < 1.29 is 23.9 Å². The quantitative estimate of drug-likeness (QED) is 0.370. The molecule has 0 saturated carbocycles. The number of likely N-dealkylation sites (N-methyl/N-ethyl adjacent to an activating group) is 1. The van der Waals surface area contributed by atoms with Crippen LogP contribution < -0.4 is 20.7 Å². The predicted molar refractivity (Wildman–Crippen MR) is 179 cm³/mol. The second kappa shape index (κ2) is 15.9. The lowest BCUT2D eigenvalue weighted by molar-refractivity contribution is -0.144. The third-order valence-corrected chi connectivity index (χ3v) is 8.87. The van der Waals surface area contributed by atoms with Gasteiger partial charge in [0, 0.05) is 25.6 Å².